The fraction of sp³-hybridized carbons (Fsp3) is 0.619. The van der Waals surface area contributed by atoms with E-state index in [-0.39, 0.29) is 17.7 Å². The van der Waals surface area contributed by atoms with Crippen molar-refractivity contribution in [3.05, 3.63) is 29.8 Å². The summed E-state index contributed by atoms with van der Waals surface area (Å²) in [5.41, 5.74) is 0.671. The minimum Gasteiger partial charge on any atom is -0.426 e. The van der Waals surface area contributed by atoms with Gasteiger partial charge in [-0.1, -0.05) is 39.5 Å². The van der Waals surface area contributed by atoms with Gasteiger partial charge in [-0.3, -0.25) is 9.59 Å². The van der Waals surface area contributed by atoms with E-state index in [0.717, 1.165) is 31.6 Å². The third-order valence-electron chi connectivity index (χ3n) is 5.11. The van der Waals surface area contributed by atoms with Gasteiger partial charge in [0.15, 0.2) is 5.78 Å². The van der Waals surface area contributed by atoms with Crippen LogP contribution in [0.4, 0.5) is 0 Å². The number of carbonyl (C=O) groups is 2. The fourth-order valence-corrected chi connectivity index (χ4v) is 3.48. The number of carbonyl (C=O) groups excluding carboxylic acids is 2. The predicted molar refractivity (Wildman–Crippen MR) is 96.3 cm³/mol. The van der Waals surface area contributed by atoms with Crippen molar-refractivity contribution in [2.24, 2.45) is 11.8 Å². The van der Waals surface area contributed by atoms with E-state index in [4.69, 9.17) is 4.74 Å². The van der Waals surface area contributed by atoms with Crippen LogP contribution in [-0.4, -0.2) is 11.8 Å². The van der Waals surface area contributed by atoms with E-state index in [9.17, 15) is 9.59 Å². The minimum absolute atomic E-state index is 0.0318. The zero-order valence-corrected chi connectivity index (χ0v) is 15.1. The third-order valence-corrected chi connectivity index (χ3v) is 5.11. The van der Waals surface area contributed by atoms with Crippen molar-refractivity contribution in [2.75, 3.05) is 0 Å². The first kappa shape index (κ1) is 18.7. The third kappa shape index (κ3) is 5.47. The van der Waals surface area contributed by atoms with Crippen LogP contribution in [0.2, 0.25) is 0 Å². The molecule has 3 nitrogen and oxygen atoms in total. The highest BCUT2D eigenvalue weighted by atomic mass is 16.5. The average Bonchev–Trinajstić information content (AvgIpc) is 2.62. The molecule has 0 atom stereocenters. The fourth-order valence-electron chi connectivity index (χ4n) is 3.48. The average molecular weight is 330 g/mol. The Kier molecular flexibility index (Phi) is 7.48. The molecule has 1 saturated carbocycles. The predicted octanol–water partition coefficient (Wildman–Crippen LogP) is 5.57. The Morgan fingerprint density at radius 1 is 1.00 bits per heavy atom. The molecule has 0 amide bonds. The van der Waals surface area contributed by atoms with Crippen LogP contribution in [-0.2, 0) is 4.79 Å². The molecule has 0 unspecified atom stereocenters. The van der Waals surface area contributed by atoms with Crippen molar-refractivity contribution in [1.29, 1.82) is 0 Å². The number of ether oxygens (including phenoxy) is 1. The maximum atomic E-state index is 12.3. The molecule has 0 saturated heterocycles. The zero-order valence-electron chi connectivity index (χ0n) is 15.1. The van der Waals surface area contributed by atoms with Gasteiger partial charge < -0.3 is 4.74 Å². The SMILES string of the molecule is CCCCCC1CCC(C(=O)Oc2ccc(C(=O)CC)cc2)CC1. The lowest BCUT2D eigenvalue weighted by Crippen LogP contribution is -2.25. The normalized spacial score (nSPS) is 20.6. The van der Waals surface area contributed by atoms with Gasteiger partial charge in [0.05, 0.1) is 5.92 Å². The lowest BCUT2D eigenvalue weighted by atomic mass is 9.80. The smallest absolute Gasteiger partial charge is 0.314 e. The molecule has 2 rings (SSSR count). The molecule has 1 aromatic carbocycles. The number of esters is 1. The summed E-state index contributed by atoms with van der Waals surface area (Å²) in [5.74, 6) is 1.35. The van der Waals surface area contributed by atoms with Crippen LogP contribution >= 0.6 is 0 Å². The van der Waals surface area contributed by atoms with Crippen LogP contribution in [0, 0.1) is 11.8 Å². The van der Waals surface area contributed by atoms with Crippen LogP contribution in [0.5, 0.6) is 5.75 Å². The molecular weight excluding hydrogens is 300 g/mol. The molecule has 132 valence electrons. The zero-order chi connectivity index (χ0) is 17.4. The molecule has 0 heterocycles. The summed E-state index contributed by atoms with van der Waals surface area (Å²) < 4.78 is 5.51. The summed E-state index contributed by atoms with van der Waals surface area (Å²) in [7, 11) is 0. The standard InChI is InChI=1S/C21H30O3/c1-3-5-6-7-16-8-10-18(11-9-16)21(23)24-19-14-12-17(13-15-19)20(22)4-2/h12-16,18H,3-11H2,1-2H3. The molecule has 1 aliphatic carbocycles. The van der Waals surface area contributed by atoms with Crippen LogP contribution < -0.4 is 4.74 Å². The Balaban J connectivity index is 1.78. The van der Waals surface area contributed by atoms with Gasteiger partial charge in [0.25, 0.3) is 0 Å². The topological polar surface area (TPSA) is 43.4 Å². The van der Waals surface area contributed by atoms with Crippen molar-refractivity contribution >= 4 is 11.8 Å². The number of hydrogen-bond acceptors (Lipinski definition) is 3. The molecule has 0 N–H and O–H groups in total. The summed E-state index contributed by atoms with van der Waals surface area (Å²) in [4.78, 5) is 23.9. The van der Waals surface area contributed by atoms with Gasteiger partial charge in [-0.2, -0.15) is 0 Å². The Labute approximate surface area is 145 Å². The summed E-state index contributed by atoms with van der Waals surface area (Å²) in [6.45, 7) is 4.08. The second-order valence-corrected chi connectivity index (χ2v) is 6.94. The van der Waals surface area contributed by atoms with Crippen molar-refractivity contribution < 1.29 is 14.3 Å². The van der Waals surface area contributed by atoms with E-state index in [0.29, 0.717) is 17.7 Å². The second kappa shape index (κ2) is 9.61. The maximum Gasteiger partial charge on any atom is 0.314 e. The highest BCUT2D eigenvalue weighted by Crippen LogP contribution is 2.33. The molecule has 1 aliphatic rings. The Morgan fingerprint density at radius 3 is 2.25 bits per heavy atom. The molecule has 0 bridgehead atoms. The quantitative estimate of drug-likeness (QED) is 0.271. The molecule has 0 radical (unpaired) electrons. The van der Waals surface area contributed by atoms with E-state index in [2.05, 4.69) is 6.92 Å². The van der Waals surface area contributed by atoms with Crippen molar-refractivity contribution in [3.63, 3.8) is 0 Å². The van der Waals surface area contributed by atoms with E-state index in [1.165, 1.54) is 25.7 Å². The van der Waals surface area contributed by atoms with Gasteiger partial charge in [0, 0.05) is 12.0 Å². The number of unbranched alkanes of at least 4 members (excludes halogenated alkanes) is 2. The molecule has 3 heteroatoms. The Hall–Kier alpha value is -1.64. The molecule has 0 aromatic heterocycles. The molecule has 0 aliphatic heterocycles. The molecule has 1 aromatic rings. The molecule has 24 heavy (non-hydrogen) atoms. The second-order valence-electron chi connectivity index (χ2n) is 6.94. The van der Waals surface area contributed by atoms with Crippen molar-refractivity contribution in [3.8, 4) is 5.75 Å². The first-order valence-corrected chi connectivity index (χ1v) is 9.49. The molecular formula is C21H30O3. The monoisotopic (exact) mass is 330 g/mol. The molecule has 0 spiro atoms. The number of ketones is 1. The van der Waals surface area contributed by atoms with E-state index in [1.54, 1.807) is 24.3 Å². The number of Topliss-reactive ketones (excluding diaryl/α,β-unsaturated/α-hetero) is 1. The first-order valence-electron chi connectivity index (χ1n) is 9.49. The summed E-state index contributed by atoms with van der Waals surface area (Å²) >= 11 is 0. The minimum atomic E-state index is -0.114. The highest BCUT2D eigenvalue weighted by molar-refractivity contribution is 5.95. The van der Waals surface area contributed by atoms with Crippen LogP contribution in [0.1, 0.15) is 82.0 Å². The Bertz CT molecular complexity index is 525. The van der Waals surface area contributed by atoms with E-state index < -0.39 is 0 Å². The number of rotatable bonds is 8. The van der Waals surface area contributed by atoms with Crippen LogP contribution in [0.15, 0.2) is 24.3 Å². The first-order chi connectivity index (χ1) is 11.6. The van der Waals surface area contributed by atoms with Gasteiger partial charge in [0.2, 0.25) is 0 Å². The van der Waals surface area contributed by atoms with E-state index in [1.807, 2.05) is 6.92 Å². The van der Waals surface area contributed by atoms with E-state index >= 15 is 0 Å². The summed E-state index contributed by atoms with van der Waals surface area (Å²) in [6, 6.07) is 6.91. The van der Waals surface area contributed by atoms with Crippen LogP contribution in [0.25, 0.3) is 0 Å². The van der Waals surface area contributed by atoms with Crippen LogP contribution in [0.3, 0.4) is 0 Å². The van der Waals surface area contributed by atoms with Gasteiger partial charge in [0.1, 0.15) is 5.75 Å². The van der Waals surface area contributed by atoms with Gasteiger partial charge in [-0.15, -0.1) is 0 Å². The maximum absolute atomic E-state index is 12.3. The van der Waals surface area contributed by atoms with Crippen molar-refractivity contribution in [1.82, 2.24) is 0 Å². The Morgan fingerprint density at radius 2 is 1.67 bits per heavy atom. The van der Waals surface area contributed by atoms with Gasteiger partial charge >= 0.3 is 5.97 Å². The lowest BCUT2D eigenvalue weighted by Gasteiger charge is -2.27. The number of hydrogen-bond donors (Lipinski definition) is 0. The van der Waals surface area contributed by atoms with Gasteiger partial charge in [-0.05, 0) is 55.9 Å². The van der Waals surface area contributed by atoms with Crippen molar-refractivity contribution in [2.45, 2.75) is 71.6 Å². The summed E-state index contributed by atoms with van der Waals surface area (Å²) in [6.07, 6.45) is 9.88. The lowest BCUT2D eigenvalue weighted by molar-refractivity contribution is -0.140. The highest BCUT2D eigenvalue weighted by Gasteiger charge is 2.27. The largest absolute Gasteiger partial charge is 0.426 e. The summed E-state index contributed by atoms with van der Waals surface area (Å²) in [5, 5.41) is 0. The number of benzene rings is 1. The molecule has 1 fully saturated rings. The van der Waals surface area contributed by atoms with Gasteiger partial charge in [-0.25, -0.2) is 0 Å².